The van der Waals surface area contributed by atoms with Crippen LogP contribution in [-0.4, -0.2) is 72.8 Å². The molecule has 1 aromatic carbocycles. The number of aromatic nitrogens is 7. The van der Waals surface area contributed by atoms with Gasteiger partial charge in [-0.2, -0.15) is 5.10 Å². The zero-order chi connectivity index (χ0) is 29.2. The van der Waals surface area contributed by atoms with E-state index < -0.39 is 0 Å². The molecule has 0 spiro atoms. The first-order valence-electron chi connectivity index (χ1n) is 14.6. The molecule has 0 unspecified atom stereocenters. The van der Waals surface area contributed by atoms with E-state index in [9.17, 15) is 4.39 Å². The average molecular weight is 578 g/mol. The third-order valence-electron chi connectivity index (χ3n) is 7.76. The number of hydrogen-bond acceptors (Lipinski definition) is 8. The molecule has 1 saturated heterocycles. The van der Waals surface area contributed by atoms with Crippen molar-refractivity contribution < 1.29 is 9.13 Å². The Morgan fingerprint density at radius 3 is 2.77 bits per heavy atom. The maximum Gasteiger partial charge on any atom is 0.159 e. The standard InChI is InChI=1S/C32H32FN9O/c1-2-34-16-20-11-22(18-35-17-20)27-15-25-28(19-37-27)40-41-30(25)32-38-26-5-6-36-29(31(26)39-32)21-12-23(33)14-24(13-21)43-10-9-42-7-3-4-8-42/h5-6,11-15,17-19,34H,2-4,7-10,16H2,1H3,(H,38,39)(H,40,41). The summed E-state index contributed by atoms with van der Waals surface area (Å²) in [5, 5.41) is 11.8. The number of nitrogens with zero attached hydrogens (tertiary/aromatic N) is 6. The monoisotopic (exact) mass is 577 g/mol. The SMILES string of the molecule is CCNCc1cncc(-c2cc3c(-c4nc5c(-c6cc(F)cc(OCCN7CCCC7)c6)nccc5[nH]4)n[nH]c3cn2)c1. The fourth-order valence-electron chi connectivity index (χ4n) is 5.59. The van der Waals surface area contributed by atoms with Crippen molar-refractivity contribution in [3.63, 3.8) is 0 Å². The van der Waals surface area contributed by atoms with Crippen LogP contribution in [0.15, 0.2) is 61.2 Å². The molecule has 7 rings (SSSR count). The van der Waals surface area contributed by atoms with Gasteiger partial charge in [-0.3, -0.25) is 25.0 Å². The van der Waals surface area contributed by atoms with Gasteiger partial charge in [0.15, 0.2) is 5.82 Å². The number of ether oxygens (including phenoxy) is 1. The number of imidazole rings is 1. The summed E-state index contributed by atoms with van der Waals surface area (Å²) in [4.78, 5) is 24.3. The van der Waals surface area contributed by atoms with E-state index in [1.807, 2.05) is 30.6 Å². The molecule has 0 atom stereocenters. The van der Waals surface area contributed by atoms with E-state index in [4.69, 9.17) is 9.72 Å². The fraction of sp³-hybridized carbons (Fsp3) is 0.281. The first-order chi connectivity index (χ1) is 21.1. The molecule has 0 radical (unpaired) electrons. The number of hydrogen-bond donors (Lipinski definition) is 3. The molecule has 1 aliphatic heterocycles. The lowest BCUT2D eigenvalue weighted by Gasteiger charge is -2.15. The van der Waals surface area contributed by atoms with Gasteiger partial charge in [0.25, 0.3) is 0 Å². The summed E-state index contributed by atoms with van der Waals surface area (Å²) in [5.41, 5.74) is 6.80. The van der Waals surface area contributed by atoms with Gasteiger partial charge in [-0.15, -0.1) is 0 Å². The number of aromatic amines is 2. The molecule has 6 aromatic rings. The van der Waals surface area contributed by atoms with Crippen molar-refractivity contribution in [1.82, 2.24) is 45.3 Å². The predicted octanol–water partition coefficient (Wildman–Crippen LogP) is 5.35. The van der Waals surface area contributed by atoms with Crippen molar-refractivity contribution in [1.29, 1.82) is 0 Å². The van der Waals surface area contributed by atoms with Gasteiger partial charge in [-0.05, 0) is 68.4 Å². The van der Waals surface area contributed by atoms with Crippen LogP contribution in [0.5, 0.6) is 5.75 Å². The van der Waals surface area contributed by atoms with Gasteiger partial charge >= 0.3 is 0 Å². The first kappa shape index (κ1) is 27.1. The highest BCUT2D eigenvalue weighted by Gasteiger charge is 2.18. The lowest BCUT2D eigenvalue weighted by Crippen LogP contribution is -2.25. The van der Waals surface area contributed by atoms with Crippen LogP contribution in [0.4, 0.5) is 4.39 Å². The van der Waals surface area contributed by atoms with Crippen molar-refractivity contribution in [2.75, 3.05) is 32.8 Å². The third-order valence-corrected chi connectivity index (χ3v) is 7.76. The minimum atomic E-state index is -0.384. The molecule has 0 bridgehead atoms. The van der Waals surface area contributed by atoms with Gasteiger partial charge in [-0.1, -0.05) is 6.92 Å². The van der Waals surface area contributed by atoms with Gasteiger partial charge < -0.3 is 15.0 Å². The normalized spacial score (nSPS) is 13.8. The summed E-state index contributed by atoms with van der Waals surface area (Å²) >= 11 is 0. The number of nitrogens with one attached hydrogen (secondary N) is 3. The molecular weight excluding hydrogens is 545 g/mol. The van der Waals surface area contributed by atoms with Crippen LogP contribution in [0.3, 0.4) is 0 Å². The number of rotatable bonds is 10. The van der Waals surface area contributed by atoms with Gasteiger partial charge in [-0.25, -0.2) is 9.37 Å². The molecule has 5 aromatic heterocycles. The molecule has 1 fully saturated rings. The van der Waals surface area contributed by atoms with E-state index >= 15 is 0 Å². The number of H-pyrrole nitrogens is 2. The topological polar surface area (TPSA) is 121 Å². The Labute approximate surface area is 247 Å². The van der Waals surface area contributed by atoms with Gasteiger partial charge in [0.05, 0.1) is 28.6 Å². The molecular formula is C32H32FN9O. The van der Waals surface area contributed by atoms with Crippen molar-refractivity contribution in [2.45, 2.75) is 26.3 Å². The van der Waals surface area contributed by atoms with Crippen molar-refractivity contribution >= 4 is 21.9 Å². The smallest absolute Gasteiger partial charge is 0.159 e. The van der Waals surface area contributed by atoms with Crippen molar-refractivity contribution in [3.8, 4) is 39.8 Å². The molecule has 11 heteroatoms. The zero-order valence-corrected chi connectivity index (χ0v) is 23.9. The van der Waals surface area contributed by atoms with Gasteiger partial charge in [0.2, 0.25) is 0 Å². The van der Waals surface area contributed by atoms with Crippen LogP contribution in [0.1, 0.15) is 25.3 Å². The van der Waals surface area contributed by atoms with Crippen LogP contribution >= 0.6 is 0 Å². The second kappa shape index (κ2) is 11.9. The molecule has 10 nitrogen and oxygen atoms in total. The van der Waals surface area contributed by atoms with Crippen molar-refractivity contribution in [2.24, 2.45) is 0 Å². The third kappa shape index (κ3) is 5.69. The molecule has 0 amide bonds. The summed E-state index contributed by atoms with van der Waals surface area (Å²) in [6.45, 7) is 7.22. The van der Waals surface area contributed by atoms with Crippen LogP contribution in [-0.2, 0) is 6.54 Å². The molecule has 218 valence electrons. The predicted molar refractivity (Wildman–Crippen MR) is 164 cm³/mol. The number of likely N-dealkylation sites (tertiary alicyclic amines) is 1. The Hall–Kier alpha value is -4.74. The zero-order valence-electron chi connectivity index (χ0n) is 23.9. The Kier molecular flexibility index (Phi) is 7.48. The second-order valence-electron chi connectivity index (χ2n) is 10.8. The minimum Gasteiger partial charge on any atom is -0.492 e. The molecule has 1 aliphatic rings. The van der Waals surface area contributed by atoms with Crippen LogP contribution in [0.25, 0.3) is 56.0 Å². The summed E-state index contributed by atoms with van der Waals surface area (Å²) < 4.78 is 20.7. The summed E-state index contributed by atoms with van der Waals surface area (Å²) in [7, 11) is 0. The summed E-state index contributed by atoms with van der Waals surface area (Å²) in [5.74, 6) is 0.668. The minimum absolute atomic E-state index is 0.384. The van der Waals surface area contributed by atoms with E-state index in [1.54, 1.807) is 12.4 Å². The lowest BCUT2D eigenvalue weighted by molar-refractivity contribution is 0.237. The number of benzene rings is 1. The maximum atomic E-state index is 14.7. The Balaban J connectivity index is 1.20. The van der Waals surface area contributed by atoms with Crippen LogP contribution < -0.4 is 10.1 Å². The van der Waals surface area contributed by atoms with Crippen LogP contribution in [0.2, 0.25) is 0 Å². The molecule has 0 saturated carbocycles. The highest BCUT2D eigenvalue weighted by Crippen LogP contribution is 2.33. The largest absolute Gasteiger partial charge is 0.492 e. The number of pyridine rings is 3. The average Bonchev–Trinajstić information content (AvgIpc) is 3.79. The number of halogens is 1. The van der Waals surface area contributed by atoms with Crippen molar-refractivity contribution in [3.05, 3.63) is 72.6 Å². The number of fused-ring (bicyclic) bond motifs is 2. The van der Waals surface area contributed by atoms with Gasteiger partial charge in [0, 0.05) is 54.3 Å². The Morgan fingerprint density at radius 1 is 0.977 bits per heavy atom. The highest BCUT2D eigenvalue weighted by atomic mass is 19.1. The first-order valence-corrected chi connectivity index (χ1v) is 14.6. The summed E-state index contributed by atoms with van der Waals surface area (Å²) in [6, 6.07) is 10.6. The highest BCUT2D eigenvalue weighted by molar-refractivity contribution is 5.96. The second-order valence-corrected chi connectivity index (χ2v) is 10.8. The van der Waals surface area contributed by atoms with Gasteiger partial charge in [0.1, 0.15) is 29.4 Å². The molecule has 0 aliphatic carbocycles. The quantitative estimate of drug-likeness (QED) is 0.199. The molecule has 3 N–H and O–H groups in total. The fourth-order valence-corrected chi connectivity index (χ4v) is 5.59. The Bertz CT molecular complexity index is 1890. The van der Waals surface area contributed by atoms with E-state index in [0.717, 1.165) is 66.0 Å². The van der Waals surface area contributed by atoms with E-state index in [0.29, 0.717) is 40.6 Å². The molecule has 43 heavy (non-hydrogen) atoms. The lowest BCUT2D eigenvalue weighted by atomic mass is 10.1. The van der Waals surface area contributed by atoms with E-state index in [-0.39, 0.29) is 5.82 Å². The van der Waals surface area contributed by atoms with E-state index in [1.165, 1.54) is 25.0 Å². The van der Waals surface area contributed by atoms with E-state index in [2.05, 4.69) is 53.3 Å². The summed E-state index contributed by atoms with van der Waals surface area (Å²) in [6.07, 6.45) is 9.57. The van der Waals surface area contributed by atoms with Crippen LogP contribution in [0, 0.1) is 5.82 Å². The molecule has 6 heterocycles. The maximum absolute atomic E-state index is 14.7. The Morgan fingerprint density at radius 2 is 1.88 bits per heavy atom.